The third-order valence-electron chi connectivity index (χ3n) is 8.01. The number of nitrogen functional groups attached to an aromatic ring is 1. The Morgan fingerprint density at radius 2 is 1.84 bits per heavy atom. The van der Waals surface area contributed by atoms with Crippen molar-refractivity contribution in [1.29, 1.82) is 0 Å². The van der Waals surface area contributed by atoms with Crippen molar-refractivity contribution >= 4 is 29.2 Å². The molecule has 236 valence electrons. The number of benzene rings is 2. The van der Waals surface area contributed by atoms with Crippen LogP contribution in [0.15, 0.2) is 36.4 Å². The lowest BCUT2D eigenvalue weighted by molar-refractivity contribution is 0.00440. The Kier molecular flexibility index (Phi) is 12.4. The standard InChI is InChI=1S/C31H44ClN5O6/c1-35(20-22-4-6-23(7-5-22)31(39)43-17-14-36-12-15-42-16-13-36)10-11-37-9-8-27(29(21-37)41-3)34-30(38)24-18-25(32)26(33)19-28(24)40-2/h4-7,18-19,27,29H,8-17,20-21,33H2,1-3H3,(H,34,38). The zero-order valence-electron chi connectivity index (χ0n) is 25.4. The predicted octanol–water partition coefficient (Wildman–Crippen LogP) is 2.37. The number of likely N-dealkylation sites (N-methyl/N-ethyl adjacent to an activating group) is 1. The van der Waals surface area contributed by atoms with Crippen LogP contribution in [0.25, 0.3) is 0 Å². The van der Waals surface area contributed by atoms with Crippen LogP contribution < -0.4 is 15.8 Å². The van der Waals surface area contributed by atoms with E-state index in [1.54, 1.807) is 13.2 Å². The Bertz CT molecular complexity index is 1210. The fourth-order valence-electron chi connectivity index (χ4n) is 5.37. The number of carbonyl (C=O) groups excluding carboxylic acids is 2. The van der Waals surface area contributed by atoms with Gasteiger partial charge in [-0.05, 0) is 37.2 Å². The normalized spacial score (nSPS) is 19.7. The quantitative estimate of drug-likeness (QED) is 0.256. The van der Waals surface area contributed by atoms with Crippen molar-refractivity contribution in [3.05, 3.63) is 58.1 Å². The maximum absolute atomic E-state index is 13.1. The molecule has 2 aromatic rings. The maximum atomic E-state index is 13.1. The number of ether oxygens (including phenoxy) is 4. The van der Waals surface area contributed by atoms with Crippen LogP contribution in [0.3, 0.4) is 0 Å². The monoisotopic (exact) mass is 617 g/mol. The number of esters is 1. The Labute approximate surface area is 259 Å². The molecule has 1 amide bonds. The van der Waals surface area contributed by atoms with Crippen molar-refractivity contribution in [2.45, 2.75) is 25.1 Å². The number of methoxy groups -OCH3 is 2. The largest absolute Gasteiger partial charge is 0.496 e. The molecule has 12 heteroatoms. The van der Waals surface area contributed by atoms with Gasteiger partial charge in [0.25, 0.3) is 5.91 Å². The van der Waals surface area contributed by atoms with Crippen molar-refractivity contribution in [3.8, 4) is 5.75 Å². The van der Waals surface area contributed by atoms with E-state index in [2.05, 4.69) is 27.1 Å². The van der Waals surface area contributed by atoms with E-state index in [1.165, 1.54) is 13.2 Å². The highest BCUT2D eigenvalue weighted by Gasteiger charge is 2.31. The van der Waals surface area contributed by atoms with E-state index in [4.69, 9.17) is 36.3 Å². The predicted molar refractivity (Wildman–Crippen MR) is 166 cm³/mol. The summed E-state index contributed by atoms with van der Waals surface area (Å²) < 4.78 is 21.9. The summed E-state index contributed by atoms with van der Waals surface area (Å²) >= 11 is 6.16. The smallest absolute Gasteiger partial charge is 0.338 e. The van der Waals surface area contributed by atoms with Crippen molar-refractivity contribution in [3.63, 3.8) is 0 Å². The molecule has 4 rings (SSSR count). The van der Waals surface area contributed by atoms with Gasteiger partial charge >= 0.3 is 5.97 Å². The van der Waals surface area contributed by atoms with Gasteiger partial charge in [0.1, 0.15) is 12.4 Å². The third-order valence-corrected chi connectivity index (χ3v) is 8.34. The van der Waals surface area contributed by atoms with Crippen LogP contribution in [0.5, 0.6) is 5.75 Å². The third kappa shape index (κ3) is 9.53. The number of anilines is 1. The van der Waals surface area contributed by atoms with E-state index in [9.17, 15) is 9.59 Å². The number of likely N-dealkylation sites (tertiary alicyclic amines) is 1. The fraction of sp³-hybridized carbons (Fsp3) is 0.548. The topological polar surface area (TPSA) is 119 Å². The average Bonchev–Trinajstić information content (AvgIpc) is 3.02. The van der Waals surface area contributed by atoms with E-state index in [-0.39, 0.29) is 24.0 Å². The first kappa shape index (κ1) is 33.0. The molecule has 2 fully saturated rings. The van der Waals surface area contributed by atoms with Crippen LogP contribution in [0, 0.1) is 0 Å². The van der Waals surface area contributed by atoms with Gasteiger partial charge < -0.3 is 34.9 Å². The van der Waals surface area contributed by atoms with Gasteiger partial charge in [-0.2, -0.15) is 0 Å². The molecule has 2 aliphatic rings. The fourth-order valence-corrected chi connectivity index (χ4v) is 5.54. The molecule has 2 aromatic carbocycles. The van der Waals surface area contributed by atoms with Crippen LogP contribution >= 0.6 is 11.6 Å². The summed E-state index contributed by atoms with van der Waals surface area (Å²) in [5, 5.41) is 3.40. The van der Waals surface area contributed by atoms with Gasteiger partial charge in [-0.15, -0.1) is 0 Å². The van der Waals surface area contributed by atoms with Crippen LogP contribution in [0.1, 0.15) is 32.7 Å². The SMILES string of the molecule is COc1cc(N)c(Cl)cc1C(=O)NC1CCN(CCN(C)Cc2ccc(C(=O)OCCN3CCOCC3)cc2)CC1OC. The number of carbonyl (C=O) groups is 2. The van der Waals surface area contributed by atoms with Crippen molar-refractivity contribution in [1.82, 2.24) is 20.0 Å². The molecule has 43 heavy (non-hydrogen) atoms. The minimum Gasteiger partial charge on any atom is -0.496 e. The summed E-state index contributed by atoms with van der Waals surface area (Å²) in [6, 6.07) is 10.6. The summed E-state index contributed by atoms with van der Waals surface area (Å²) in [6.45, 7) is 8.35. The molecule has 0 spiro atoms. The Balaban J connectivity index is 1.19. The van der Waals surface area contributed by atoms with Gasteiger partial charge in [0.2, 0.25) is 0 Å². The molecule has 2 saturated heterocycles. The summed E-state index contributed by atoms with van der Waals surface area (Å²) in [7, 11) is 5.25. The lowest BCUT2D eigenvalue weighted by Gasteiger charge is -2.38. The van der Waals surface area contributed by atoms with E-state index < -0.39 is 0 Å². The van der Waals surface area contributed by atoms with Gasteiger partial charge in [-0.3, -0.25) is 14.6 Å². The zero-order valence-corrected chi connectivity index (χ0v) is 26.1. The number of morpholine rings is 1. The first-order chi connectivity index (χ1) is 20.8. The highest BCUT2D eigenvalue weighted by Crippen LogP contribution is 2.29. The molecule has 2 aliphatic heterocycles. The van der Waals surface area contributed by atoms with Crippen molar-refractivity contribution in [2.75, 3.05) is 92.6 Å². The lowest BCUT2D eigenvalue weighted by Crippen LogP contribution is -2.55. The molecule has 2 heterocycles. The number of amides is 1. The second-order valence-electron chi connectivity index (χ2n) is 11.0. The van der Waals surface area contributed by atoms with Gasteiger partial charge in [0, 0.05) is 65.5 Å². The Morgan fingerprint density at radius 1 is 1.09 bits per heavy atom. The molecule has 2 atom stereocenters. The molecule has 0 saturated carbocycles. The number of hydrogen-bond donors (Lipinski definition) is 2. The molecular formula is C31H44ClN5O6. The number of rotatable bonds is 13. The van der Waals surface area contributed by atoms with Crippen molar-refractivity contribution in [2.24, 2.45) is 0 Å². The lowest BCUT2D eigenvalue weighted by atomic mass is 10.0. The first-order valence-corrected chi connectivity index (χ1v) is 15.1. The molecule has 0 bridgehead atoms. The maximum Gasteiger partial charge on any atom is 0.338 e. The van der Waals surface area contributed by atoms with Gasteiger partial charge in [-0.25, -0.2) is 4.79 Å². The minimum absolute atomic E-state index is 0.142. The number of hydrogen-bond acceptors (Lipinski definition) is 10. The highest BCUT2D eigenvalue weighted by atomic mass is 35.5. The summed E-state index contributed by atoms with van der Waals surface area (Å²) in [6.07, 6.45) is 0.600. The molecule has 0 radical (unpaired) electrons. The number of nitrogens with zero attached hydrogens (tertiary/aromatic N) is 3. The average molecular weight is 618 g/mol. The number of piperidine rings is 1. The van der Waals surface area contributed by atoms with E-state index in [0.717, 1.165) is 71.0 Å². The second kappa shape index (κ2) is 16.2. The van der Waals surface area contributed by atoms with Crippen LogP contribution in [0.4, 0.5) is 5.69 Å². The summed E-state index contributed by atoms with van der Waals surface area (Å²) in [4.78, 5) is 32.3. The van der Waals surface area contributed by atoms with Gasteiger partial charge in [0.15, 0.2) is 0 Å². The molecule has 3 N–H and O–H groups in total. The summed E-state index contributed by atoms with van der Waals surface area (Å²) in [5.74, 6) is -0.189. The molecular weight excluding hydrogens is 574 g/mol. The van der Waals surface area contributed by atoms with E-state index >= 15 is 0 Å². The number of nitrogens with one attached hydrogen (secondary N) is 1. The highest BCUT2D eigenvalue weighted by molar-refractivity contribution is 6.33. The van der Waals surface area contributed by atoms with Gasteiger partial charge in [-0.1, -0.05) is 23.7 Å². The Morgan fingerprint density at radius 3 is 2.53 bits per heavy atom. The number of halogens is 1. The van der Waals surface area contributed by atoms with Crippen molar-refractivity contribution < 1.29 is 28.5 Å². The summed E-state index contributed by atoms with van der Waals surface area (Å²) in [5.41, 5.74) is 8.25. The van der Waals surface area contributed by atoms with Gasteiger partial charge in [0.05, 0.1) is 54.3 Å². The molecule has 0 aliphatic carbocycles. The van der Waals surface area contributed by atoms with E-state index in [0.29, 0.717) is 40.7 Å². The minimum atomic E-state index is -0.295. The molecule has 2 unspecified atom stereocenters. The van der Waals surface area contributed by atoms with Crippen LogP contribution in [0.2, 0.25) is 5.02 Å². The van der Waals surface area contributed by atoms with Crippen LogP contribution in [-0.4, -0.2) is 126 Å². The molecule has 0 aromatic heterocycles. The Hall–Kier alpha value is -2.93. The zero-order chi connectivity index (χ0) is 30.8. The first-order valence-electron chi connectivity index (χ1n) is 14.7. The van der Waals surface area contributed by atoms with Crippen LogP contribution in [-0.2, 0) is 20.8 Å². The number of nitrogens with two attached hydrogens (primary N) is 1. The van der Waals surface area contributed by atoms with E-state index in [1.807, 2.05) is 24.3 Å². The molecule has 11 nitrogen and oxygen atoms in total. The second-order valence-corrected chi connectivity index (χ2v) is 11.4.